The monoisotopic (exact) mass is 435 g/mol. The van der Waals surface area contributed by atoms with Gasteiger partial charge < -0.3 is 24.5 Å². The molecule has 2 heterocycles. The second-order valence-electron chi connectivity index (χ2n) is 7.61. The molecule has 2 amide bonds. The van der Waals surface area contributed by atoms with Crippen LogP contribution in [0.3, 0.4) is 0 Å². The Bertz CT molecular complexity index is 1130. The molecule has 0 saturated carbocycles. The van der Waals surface area contributed by atoms with Gasteiger partial charge in [-0.25, -0.2) is 4.98 Å². The summed E-state index contributed by atoms with van der Waals surface area (Å²) in [4.78, 5) is 30.8. The van der Waals surface area contributed by atoms with Gasteiger partial charge in [-0.15, -0.1) is 0 Å². The molecule has 1 aliphatic rings. The third-order valence-corrected chi connectivity index (χ3v) is 5.75. The third-order valence-electron chi connectivity index (χ3n) is 5.75. The smallest absolute Gasteiger partial charge is 0.254 e. The Morgan fingerprint density at radius 1 is 1.06 bits per heavy atom. The number of hydrogen-bond acceptors (Lipinski definition) is 6. The van der Waals surface area contributed by atoms with E-state index in [1.54, 1.807) is 37.4 Å². The van der Waals surface area contributed by atoms with Crippen molar-refractivity contribution in [1.29, 1.82) is 0 Å². The summed E-state index contributed by atoms with van der Waals surface area (Å²) in [5.41, 5.74) is 7.24. The number of likely N-dealkylation sites (tertiary alicyclic amines) is 1. The minimum Gasteiger partial charge on any atom is -0.497 e. The molecule has 0 atom stereocenters. The number of nitrogens with two attached hydrogens (primary N) is 1. The highest BCUT2D eigenvalue weighted by molar-refractivity contribution is 6.00. The lowest BCUT2D eigenvalue weighted by Crippen LogP contribution is -2.41. The maximum atomic E-state index is 13.2. The first-order valence-corrected chi connectivity index (χ1v) is 10.4. The normalized spacial score (nSPS) is 14.2. The molecule has 1 aliphatic heterocycles. The zero-order chi connectivity index (χ0) is 22.7. The van der Waals surface area contributed by atoms with E-state index in [9.17, 15) is 9.59 Å². The molecule has 32 heavy (non-hydrogen) atoms. The van der Waals surface area contributed by atoms with Gasteiger partial charge in [-0.1, -0.05) is 12.1 Å². The van der Waals surface area contributed by atoms with Crippen LogP contribution in [-0.2, 0) is 4.79 Å². The molecule has 166 valence electrons. The van der Waals surface area contributed by atoms with Gasteiger partial charge >= 0.3 is 0 Å². The van der Waals surface area contributed by atoms with Crippen molar-refractivity contribution in [3.8, 4) is 34.3 Å². The van der Waals surface area contributed by atoms with Crippen LogP contribution in [0.5, 0.6) is 11.5 Å². The lowest BCUT2D eigenvalue weighted by Gasteiger charge is -2.31. The number of nitrogens with zero attached hydrogens (tertiary/aromatic N) is 2. The molecule has 0 aliphatic carbocycles. The first kappa shape index (κ1) is 21.4. The second kappa shape index (κ2) is 9.13. The number of ether oxygens (including phenoxy) is 2. The van der Waals surface area contributed by atoms with Gasteiger partial charge in [0.25, 0.3) is 5.91 Å². The number of piperidine rings is 1. The summed E-state index contributed by atoms with van der Waals surface area (Å²) in [6, 6.07) is 12.6. The van der Waals surface area contributed by atoms with Crippen molar-refractivity contribution in [3.63, 3.8) is 0 Å². The molecule has 0 unspecified atom stereocenters. The minimum absolute atomic E-state index is 0.120. The Morgan fingerprint density at radius 3 is 2.50 bits per heavy atom. The molecule has 8 heteroatoms. The maximum Gasteiger partial charge on any atom is 0.254 e. The summed E-state index contributed by atoms with van der Waals surface area (Å²) < 4.78 is 16.7. The number of amides is 2. The fourth-order valence-electron chi connectivity index (χ4n) is 3.92. The zero-order valence-corrected chi connectivity index (χ0v) is 18.0. The summed E-state index contributed by atoms with van der Waals surface area (Å²) in [7, 11) is 3.16. The fraction of sp³-hybridized carbons (Fsp3) is 0.292. The summed E-state index contributed by atoms with van der Waals surface area (Å²) >= 11 is 0. The van der Waals surface area contributed by atoms with Crippen molar-refractivity contribution in [2.75, 3.05) is 27.3 Å². The van der Waals surface area contributed by atoms with E-state index in [4.69, 9.17) is 19.6 Å². The summed E-state index contributed by atoms with van der Waals surface area (Å²) in [6.45, 7) is 0.974. The SMILES string of the molecule is COc1ccc(-c2cnc(-c3ccccc3C(=O)N3CCC(C(N)=O)CC3)o2)c(OC)c1. The van der Waals surface area contributed by atoms with Crippen LogP contribution in [0.25, 0.3) is 22.8 Å². The average Bonchev–Trinajstić information content (AvgIpc) is 3.33. The van der Waals surface area contributed by atoms with Gasteiger partial charge in [-0.3, -0.25) is 9.59 Å². The van der Waals surface area contributed by atoms with E-state index in [1.165, 1.54) is 0 Å². The molecule has 0 spiro atoms. The lowest BCUT2D eigenvalue weighted by atomic mass is 9.95. The Kier molecular flexibility index (Phi) is 6.11. The molecule has 1 saturated heterocycles. The summed E-state index contributed by atoms with van der Waals surface area (Å²) in [5.74, 6) is 1.51. The number of carbonyl (C=O) groups is 2. The van der Waals surface area contributed by atoms with E-state index in [2.05, 4.69) is 4.98 Å². The third kappa shape index (κ3) is 4.16. The van der Waals surface area contributed by atoms with Crippen molar-refractivity contribution in [2.45, 2.75) is 12.8 Å². The van der Waals surface area contributed by atoms with Gasteiger partial charge in [0.15, 0.2) is 5.76 Å². The molecule has 2 N–H and O–H groups in total. The first-order valence-electron chi connectivity index (χ1n) is 10.4. The molecule has 0 bridgehead atoms. The van der Waals surface area contributed by atoms with Gasteiger partial charge in [-0.05, 0) is 37.1 Å². The van der Waals surface area contributed by atoms with Gasteiger partial charge in [0.1, 0.15) is 11.5 Å². The lowest BCUT2D eigenvalue weighted by molar-refractivity contribution is -0.123. The summed E-state index contributed by atoms with van der Waals surface area (Å²) in [6.07, 6.45) is 2.76. The number of aromatic nitrogens is 1. The van der Waals surface area contributed by atoms with Crippen molar-refractivity contribution in [1.82, 2.24) is 9.88 Å². The zero-order valence-electron chi connectivity index (χ0n) is 18.0. The molecule has 2 aromatic carbocycles. The number of primary amides is 1. The molecule has 3 aromatic rings. The molecular formula is C24H25N3O5. The van der Waals surface area contributed by atoms with E-state index in [0.717, 1.165) is 5.56 Å². The van der Waals surface area contributed by atoms with E-state index >= 15 is 0 Å². The first-order chi connectivity index (χ1) is 15.5. The van der Waals surface area contributed by atoms with Crippen molar-refractivity contribution in [3.05, 3.63) is 54.2 Å². The Morgan fingerprint density at radius 2 is 1.81 bits per heavy atom. The van der Waals surface area contributed by atoms with Gasteiger partial charge in [0, 0.05) is 30.6 Å². The molecular weight excluding hydrogens is 410 g/mol. The van der Waals surface area contributed by atoms with E-state index in [1.807, 2.05) is 30.3 Å². The van der Waals surface area contributed by atoms with Crippen LogP contribution in [0, 0.1) is 5.92 Å². The Balaban J connectivity index is 1.61. The Hall–Kier alpha value is -3.81. The fourth-order valence-corrected chi connectivity index (χ4v) is 3.92. The van der Waals surface area contributed by atoms with E-state index < -0.39 is 0 Å². The van der Waals surface area contributed by atoms with Crippen LogP contribution in [0.15, 0.2) is 53.1 Å². The highest BCUT2D eigenvalue weighted by atomic mass is 16.5. The highest BCUT2D eigenvalue weighted by Crippen LogP contribution is 2.36. The standard InChI is InChI=1S/C24H25N3O5/c1-30-16-7-8-19(20(13-16)31-2)21-14-26-23(32-21)17-5-3-4-6-18(17)24(29)27-11-9-15(10-12-27)22(25)28/h3-8,13-15H,9-12H2,1-2H3,(H2,25,28). The van der Waals surface area contributed by atoms with Crippen LogP contribution < -0.4 is 15.2 Å². The summed E-state index contributed by atoms with van der Waals surface area (Å²) in [5, 5.41) is 0. The van der Waals surface area contributed by atoms with Crippen molar-refractivity contribution in [2.24, 2.45) is 11.7 Å². The molecule has 0 radical (unpaired) electrons. The van der Waals surface area contributed by atoms with Crippen LogP contribution in [0.4, 0.5) is 0 Å². The predicted octanol–water partition coefficient (Wildman–Crippen LogP) is 3.36. The largest absolute Gasteiger partial charge is 0.497 e. The van der Waals surface area contributed by atoms with Gasteiger partial charge in [0.2, 0.25) is 11.8 Å². The van der Waals surface area contributed by atoms with Crippen LogP contribution >= 0.6 is 0 Å². The number of oxazole rings is 1. The van der Waals surface area contributed by atoms with Gasteiger partial charge in [0.05, 0.1) is 31.5 Å². The molecule has 1 aromatic heterocycles. The average molecular weight is 435 g/mol. The molecule has 8 nitrogen and oxygen atoms in total. The van der Waals surface area contributed by atoms with Crippen LogP contribution in [-0.4, -0.2) is 49.0 Å². The molecule has 4 rings (SSSR count). The number of methoxy groups -OCH3 is 2. The molecule has 1 fully saturated rings. The maximum absolute atomic E-state index is 13.2. The topological polar surface area (TPSA) is 108 Å². The number of benzene rings is 2. The van der Waals surface area contributed by atoms with Crippen molar-refractivity contribution < 1.29 is 23.5 Å². The number of hydrogen-bond donors (Lipinski definition) is 1. The quantitative estimate of drug-likeness (QED) is 0.636. The highest BCUT2D eigenvalue weighted by Gasteiger charge is 2.28. The number of rotatable bonds is 6. The van der Waals surface area contributed by atoms with Crippen LogP contribution in [0.1, 0.15) is 23.2 Å². The van der Waals surface area contributed by atoms with E-state index in [0.29, 0.717) is 60.2 Å². The van der Waals surface area contributed by atoms with Crippen LogP contribution in [0.2, 0.25) is 0 Å². The second-order valence-corrected chi connectivity index (χ2v) is 7.61. The van der Waals surface area contributed by atoms with Gasteiger partial charge in [-0.2, -0.15) is 0 Å². The van der Waals surface area contributed by atoms with Crippen molar-refractivity contribution >= 4 is 11.8 Å². The number of carbonyl (C=O) groups excluding carboxylic acids is 2. The Labute approximate surface area is 185 Å². The van der Waals surface area contributed by atoms with E-state index in [-0.39, 0.29) is 17.7 Å². The minimum atomic E-state index is -0.307. The predicted molar refractivity (Wildman–Crippen MR) is 118 cm³/mol.